The van der Waals surface area contributed by atoms with Crippen molar-refractivity contribution in [3.8, 4) is 0 Å². The molecule has 0 aliphatic heterocycles. The van der Waals surface area contributed by atoms with E-state index in [1.807, 2.05) is 0 Å². The molecule has 0 aromatic heterocycles. The second kappa shape index (κ2) is 12.8. The third kappa shape index (κ3) is 16.8. The Morgan fingerprint density at radius 1 is 1.33 bits per heavy atom. The molecule has 0 unspecified atom stereocenters. The molecule has 0 amide bonds. The largest absolute Gasteiger partial charge is 1.00 e. The van der Waals surface area contributed by atoms with Crippen molar-refractivity contribution >= 4 is 16.0 Å². The van der Waals surface area contributed by atoms with Crippen LogP contribution >= 0.6 is 0 Å². The molecule has 1 N–H and O–H groups in total. The molecule has 0 heterocycles. The molecule has 0 aromatic carbocycles. The zero-order valence-electron chi connectivity index (χ0n) is 11.1. The van der Waals surface area contributed by atoms with Crippen molar-refractivity contribution in [2.45, 2.75) is 39.0 Å². The van der Waals surface area contributed by atoms with E-state index < -0.39 is 10.1 Å². The van der Waals surface area contributed by atoms with Gasteiger partial charge < -0.3 is 10.1 Å². The Balaban J connectivity index is 0. The first kappa shape index (κ1) is 21.1. The van der Waals surface area contributed by atoms with E-state index in [2.05, 4.69) is 11.9 Å². The summed E-state index contributed by atoms with van der Waals surface area (Å²) in [6, 6.07) is 0. The van der Waals surface area contributed by atoms with Gasteiger partial charge in [-0.25, -0.2) is 0 Å². The predicted molar refractivity (Wildman–Crippen MR) is 66.6 cm³/mol. The standard InChI is InChI=1S/C11H21NO4S.K/c1-2-3-4-5-6-8-11(13)12-9-7-10-17(14,15)16;/h6,8H,2-5,7,9-10H2,1H3,(H,12,13)(H,14,15,16);/q;+1/p-1/b8-6+;. The van der Waals surface area contributed by atoms with Crippen LogP contribution in [0, 0.1) is 0 Å². The van der Waals surface area contributed by atoms with Crippen LogP contribution in [-0.4, -0.2) is 31.2 Å². The summed E-state index contributed by atoms with van der Waals surface area (Å²) in [5.41, 5.74) is 0. The number of rotatable bonds is 9. The average molecular weight is 301 g/mol. The summed E-state index contributed by atoms with van der Waals surface area (Å²) in [5, 5.41) is 11.1. The van der Waals surface area contributed by atoms with Gasteiger partial charge in [-0.1, -0.05) is 31.9 Å². The number of hydrogen-bond acceptors (Lipinski definition) is 4. The molecule has 0 rings (SSSR count). The van der Waals surface area contributed by atoms with Crippen LogP contribution in [0.15, 0.2) is 17.1 Å². The summed E-state index contributed by atoms with van der Waals surface area (Å²) >= 11 is 0. The Morgan fingerprint density at radius 3 is 2.56 bits per heavy atom. The van der Waals surface area contributed by atoms with Gasteiger partial charge in [-0.15, -0.1) is 0 Å². The van der Waals surface area contributed by atoms with Gasteiger partial charge in [0.05, 0.1) is 5.75 Å². The van der Waals surface area contributed by atoms with Crippen molar-refractivity contribution in [2.24, 2.45) is 4.99 Å². The van der Waals surface area contributed by atoms with Crippen molar-refractivity contribution in [2.75, 3.05) is 12.3 Å². The monoisotopic (exact) mass is 301 g/mol. The Labute approximate surface area is 152 Å². The van der Waals surface area contributed by atoms with Crippen LogP contribution in [0.1, 0.15) is 39.0 Å². The molecule has 0 radical (unpaired) electrons. The minimum atomic E-state index is -3.94. The Bertz CT molecular complexity index is 352. The molecule has 100 valence electrons. The number of unbranched alkanes of at least 4 members (excludes halogenated alkanes) is 3. The summed E-state index contributed by atoms with van der Waals surface area (Å²) < 4.78 is 29.2. The van der Waals surface area contributed by atoms with Crippen LogP contribution in [0.2, 0.25) is 0 Å². The Morgan fingerprint density at radius 2 is 2.00 bits per heavy atom. The second-order valence-corrected chi connectivity index (χ2v) is 5.33. The molecule has 0 atom stereocenters. The predicted octanol–water partition coefficient (Wildman–Crippen LogP) is -1.84. The van der Waals surface area contributed by atoms with Crippen LogP contribution in [0.5, 0.6) is 0 Å². The van der Waals surface area contributed by atoms with Crippen molar-refractivity contribution in [1.82, 2.24) is 0 Å². The maximum Gasteiger partial charge on any atom is 1.00 e. The maximum atomic E-state index is 11.1. The van der Waals surface area contributed by atoms with Gasteiger partial charge in [-0.2, -0.15) is 8.42 Å². The van der Waals surface area contributed by atoms with Gasteiger partial charge in [0.15, 0.2) is 0 Å². The molecular formula is C11H20KNO4S. The number of hydrogen-bond donors (Lipinski definition) is 1. The van der Waals surface area contributed by atoms with E-state index in [9.17, 15) is 13.5 Å². The molecule has 0 aromatic rings. The zero-order valence-corrected chi connectivity index (χ0v) is 15.1. The first-order valence-electron chi connectivity index (χ1n) is 5.79. The first-order valence-corrected chi connectivity index (χ1v) is 7.40. The molecular weight excluding hydrogens is 281 g/mol. The van der Waals surface area contributed by atoms with Crippen LogP contribution in [0.4, 0.5) is 0 Å². The minimum Gasteiger partial charge on any atom is -0.859 e. The fourth-order valence-corrected chi connectivity index (χ4v) is 1.68. The summed E-state index contributed by atoms with van der Waals surface area (Å²) in [6.45, 7) is 2.23. The van der Waals surface area contributed by atoms with E-state index >= 15 is 0 Å². The number of nitrogens with zero attached hydrogens (tertiary/aromatic N) is 1. The smallest absolute Gasteiger partial charge is 0.859 e. The molecule has 5 nitrogen and oxygen atoms in total. The third-order valence-corrected chi connectivity index (χ3v) is 2.87. The van der Waals surface area contributed by atoms with Gasteiger partial charge in [-0.3, -0.25) is 4.55 Å². The van der Waals surface area contributed by atoms with E-state index in [0.29, 0.717) is 0 Å². The Kier molecular flexibility index (Phi) is 14.9. The molecule has 0 spiro atoms. The topological polar surface area (TPSA) is 89.8 Å². The van der Waals surface area contributed by atoms with Gasteiger partial charge in [0.25, 0.3) is 10.1 Å². The van der Waals surface area contributed by atoms with Crippen molar-refractivity contribution in [3.05, 3.63) is 12.2 Å². The fourth-order valence-electron chi connectivity index (χ4n) is 1.19. The normalized spacial score (nSPS) is 12.7. The summed E-state index contributed by atoms with van der Waals surface area (Å²) in [6.07, 6.45) is 7.55. The molecule has 0 bridgehead atoms. The van der Waals surface area contributed by atoms with Crippen LogP contribution in [0.25, 0.3) is 0 Å². The number of aliphatic imine (C=N–C) groups is 1. The molecule has 0 saturated carbocycles. The summed E-state index contributed by atoms with van der Waals surface area (Å²) in [4.78, 5) is 3.64. The number of allylic oxidation sites excluding steroid dienone is 1. The van der Waals surface area contributed by atoms with Gasteiger partial charge in [0, 0.05) is 6.54 Å². The fraction of sp³-hybridized carbons (Fsp3) is 0.727. The van der Waals surface area contributed by atoms with E-state index in [1.54, 1.807) is 6.08 Å². The molecule has 18 heavy (non-hydrogen) atoms. The first-order chi connectivity index (χ1) is 7.95. The minimum absolute atomic E-state index is 0. The Hall–Kier alpha value is 0.756. The van der Waals surface area contributed by atoms with E-state index in [0.717, 1.165) is 25.7 Å². The molecule has 0 aliphatic carbocycles. The van der Waals surface area contributed by atoms with Crippen molar-refractivity contribution in [1.29, 1.82) is 0 Å². The summed E-state index contributed by atoms with van der Waals surface area (Å²) in [7, 11) is -3.94. The summed E-state index contributed by atoms with van der Waals surface area (Å²) in [5.74, 6) is -0.707. The van der Waals surface area contributed by atoms with Crippen LogP contribution < -0.4 is 56.5 Å². The van der Waals surface area contributed by atoms with Crippen molar-refractivity contribution in [3.63, 3.8) is 0 Å². The molecule has 0 aliphatic rings. The van der Waals surface area contributed by atoms with Gasteiger partial charge in [0.2, 0.25) is 0 Å². The molecule has 0 saturated heterocycles. The van der Waals surface area contributed by atoms with Gasteiger partial charge in [0.1, 0.15) is 0 Å². The molecule has 0 fully saturated rings. The van der Waals surface area contributed by atoms with Gasteiger partial charge >= 0.3 is 51.4 Å². The second-order valence-electron chi connectivity index (χ2n) is 3.76. The third-order valence-electron chi connectivity index (χ3n) is 2.06. The SMILES string of the molecule is CCCCC/C=C/C([O-])=NCCCS(=O)(=O)O.[K+]. The van der Waals surface area contributed by atoms with Crippen LogP contribution in [0.3, 0.4) is 0 Å². The molecule has 7 heteroatoms. The zero-order chi connectivity index (χ0) is 13.1. The van der Waals surface area contributed by atoms with E-state index in [4.69, 9.17) is 4.55 Å². The van der Waals surface area contributed by atoms with E-state index in [-0.39, 0.29) is 76.0 Å². The van der Waals surface area contributed by atoms with Gasteiger partial charge in [-0.05, 0) is 25.2 Å². The quantitative estimate of drug-likeness (QED) is 0.178. The average Bonchev–Trinajstić information content (AvgIpc) is 2.23. The maximum absolute atomic E-state index is 11.1. The van der Waals surface area contributed by atoms with Crippen molar-refractivity contribution < 1.29 is 69.5 Å². The van der Waals surface area contributed by atoms with E-state index in [1.165, 1.54) is 6.08 Å². The van der Waals surface area contributed by atoms with Crippen LogP contribution in [-0.2, 0) is 10.1 Å².